The third-order valence-electron chi connectivity index (χ3n) is 12.8. The molecule has 290 valence electrons. The van der Waals surface area contributed by atoms with Gasteiger partial charge in [-0.15, -0.1) is 0 Å². The molecule has 1 saturated carbocycles. The Labute approximate surface area is 335 Å². The van der Waals surface area contributed by atoms with Crippen LogP contribution in [0.4, 0.5) is 5.69 Å². The molecule has 5 aliphatic heterocycles. The second kappa shape index (κ2) is 13.2. The van der Waals surface area contributed by atoms with E-state index in [2.05, 4.69) is 60.7 Å². The Morgan fingerprint density at radius 1 is 0.842 bits per heavy atom. The second-order valence-electron chi connectivity index (χ2n) is 17.3. The van der Waals surface area contributed by atoms with E-state index in [0.29, 0.717) is 34.5 Å². The van der Waals surface area contributed by atoms with Gasteiger partial charge < -0.3 is 14.5 Å². The average molecular weight is 785 g/mol. The number of nitriles is 1. The lowest BCUT2D eigenvalue weighted by molar-refractivity contribution is -0.199. The quantitative estimate of drug-likeness (QED) is 0.280. The van der Waals surface area contributed by atoms with Crippen LogP contribution in [0, 0.1) is 39.9 Å². The van der Waals surface area contributed by atoms with Crippen LogP contribution in [0.15, 0.2) is 54.6 Å². The molecule has 0 radical (unpaired) electrons. The Kier molecular flexibility index (Phi) is 8.54. The summed E-state index contributed by atoms with van der Waals surface area (Å²) in [7, 11) is 0. The summed E-state index contributed by atoms with van der Waals surface area (Å²) in [6.45, 7) is 12.4. The SMILES string of the molecule is CC1(C)[C@H](Oc2ccc(C#N)c(Cl)c2)C(C)(C)[C@H]1N1Cc2cc(C#CC3CN(C4CN(c5ccc6c(c5)C(=O)N(C5CCC(=O)NC5=O)C6=O)C4)C3)ccc2C1=O. The topological polar surface area (TPSA) is 143 Å². The minimum atomic E-state index is -0.983. The number of carbonyl (C=O) groups excluding carboxylic acids is 5. The van der Waals surface area contributed by atoms with E-state index >= 15 is 0 Å². The lowest BCUT2D eigenvalue weighted by Crippen LogP contribution is -2.74. The minimum Gasteiger partial charge on any atom is -0.489 e. The number of nitrogens with zero attached hydrogens (tertiary/aromatic N) is 5. The van der Waals surface area contributed by atoms with Crippen molar-refractivity contribution in [2.45, 2.75) is 71.3 Å². The van der Waals surface area contributed by atoms with Crippen LogP contribution >= 0.6 is 11.6 Å². The molecule has 1 N–H and O–H groups in total. The number of halogens is 1. The fourth-order valence-electron chi connectivity index (χ4n) is 10.3. The molecule has 57 heavy (non-hydrogen) atoms. The van der Waals surface area contributed by atoms with Crippen LogP contribution in [0.25, 0.3) is 0 Å². The number of fused-ring (bicyclic) bond motifs is 2. The molecule has 3 aromatic rings. The number of hydrogen-bond acceptors (Lipinski definition) is 9. The van der Waals surface area contributed by atoms with E-state index in [9.17, 15) is 29.2 Å². The fourth-order valence-corrected chi connectivity index (χ4v) is 10.5. The normalized spacial score (nSPS) is 25.1. The molecule has 5 heterocycles. The first-order valence-corrected chi connectivity index (χ1v) is 19.7. The maximum atomic E-state index is 13.8. The van der Waals surface area contributed by atoms with Gasteiger partial charge in [0.15, 0.2) is 0 Å². The predicted octanol–water partition coefficient (Wildman–Crippen LogP) is 4.62. The summed E-state index contributed by atoms with van der Waals surface area (Å²) < 4.78 is 6.46. The minimum absolute atomic E-state index is 0.0221. The Bertz CT molecular complexity index is 2400. The summed E-state index contributed by atoms with van der Waals surface area (Å²) in [6, 6.07) is 17.6. The van der Waals surface area contributed by atoms with Crippen molar-refractivity contribution in [2.24, 2.45) is 16.7 Å². The number of ether oxygens (including phenoxy) is 1. The van der Waals surface area contributed by atoms with Crippen LogP contribution in [0.1, 0.15) is 88.3 Å². The van der Waals surface area contributed by atoms with Gasteiger partial charge in [0.2, 0.25) is 11.8 Å². The fraction of sp³-hybridized carbons (Fsp3) is 0.409. The highest BCUT2D eigenvalue weighted by molar-refractivity contribution is 6.31. The smallest absolute Gasteiger partial charge is 0.262 e. The highest BCUT2D eigenvalue weighted by Gasteiger charge is 2.67. The number of nitrogens with one attached hydrogen (secondary N) is 1. The van der Waals surface area contributed by atoms with Gasteiger partial charge in [-0.25, -0.2) is 0 Å². The Morgan fingerprint density at radius 2 is 1.56 bits per heavy atom. The molecule has 1 aliphatic carbocycles. The highest BCUT2D eigenvalue weighted by atomic mass is 35.5. The van der Waals surface area contributed by atoms with Gasteiger partial charge in [0.1, 0.15) is 24.0 Å². The number of rotatable bonds is 6. The third-order valence-corrected chi connectivity index (χ3v) is 13.1. The van der Waals surface area contributed by atoms with Crippen molar-refractivity contribution in [3.63, 3.8) is 0 Å². The van der Waals surface area contributed by atoms with E-state index in [1.807, 2.05) is 29.2 Å². The third kappa shape index (κ3) is 5.88. The van der Waals surface area contributed by atoms with Crippen molar-refractivity contribution in [2.75, 3.05) is 31.1 Å². The molecule has 9 rings (SSSR count). The monoisotopic (exact) mass is 784 g/mol. The molecular weight excluding hydrogens is 744 g/mol. The number of hydrogen-bond donors (Lipinski definition) is 1. The van der Waals surface area contributed by atoms with Crippen molar-refractivity contribution >= 4 is 46.8 Å². The number of benzene rings is 3. The first kappa shape index (κ1) is 36.9. The molecule has 4 fully saturated rings. The number of likely N-dealkylation sites (tertiary alicyclic amines) is 1. The van der Waals surface area contributed by atoms with Crippen LogP contribution < -0.4 is 15.0 Å². The standard InChI is InChI=1S/C44H41ClN6O6/c1-43(2)41(44(3,4)42(43)57-30-10-8-26(18-46)34(45)17-30)50-21-27-15-24(7-11-31(27)38(50)54)5-6-25-19-48(20-25)29-22-49(23-29)28-9-12-32-33(16-28)40(56)51(39(32)55)35-13-14-36(52)47-37(35)53/h7-12,15-17,25,29,35,41-42H,13-14,19-23H2,1-4H3,(H,47,52,53)/t35?,41-,42-. The molecule has 12 nitrogen and oxygen atoms in total. The number of anilines is 1. The molecule has 3 saturated heterocycles. The molecule has 1 atom stereocenters. The zero-order chi connectivity index (χ0) is 40.1. The molecule has 6 aliphatic rings. The van der Waals surface area contributed by atoms with Crippen molar-refractivity contribution in [1.82, 2.24) is 20.0 Å². The van der Waals surface area contributed by atoms with E-state index in [0.717, 1.165) is 47.9 Å². The van der Waals surface area contributed by atoms with E-state index in [-0.39, 0.29) is 58.8 Å². The zero-order valence-electron chi connectivity index (χ0n) is 32.1. The largest absolute Gasteiger partial charge is 0.489 e. The van der Waals surface area contributed by atoms with E-state index in [4.69, 9.17) is 16.3 Å². The van der Waals surface area contributed by atoms with Crippen LogP contribution in [-0.2, 0) is 16.1 Å². The van der Waals surface area contributed by atoms with E-state index < -0.39 is 29.7 Å². The molecule has 13 heteroatoms. The van der Waals surface area contributed by atoms with Crippen molar-refractivity contribution < 1.29 is 28.7 Å². The number of carbonyl (C=O) groups is 5. The van der Waals surface area contributed by atoms with Gasteiger partial charge in [0.05, 0.1) is 21.7 Å². The Hall–Kier alpha value is -5.69. The van der Waals surface area contributed by atoms with Gasteiger partial charge >= 0.3 is 0 Å². The lowest BCUT2D eigenvalue weighted by Gasteiger charge is -2.65. The highest BCUT2D eigenvalue weighted by Crippen LogP contribution is 2.59. The van der Waals surface area contributed by atoms with Gasteiger partial charge in [-0.1, -0.05) is 51.1 Å². The Morgan fingerprint density at radius 3 is 2.26 bits per heavy atom. The zero-order valence-corrected chi connectivity index (χ0v) is 32.9. The number of imide groups is 2. The van der Waals surface area contributed by atoms with Gasteiger partial charge in [-0.2, -0.15) is 5.26 Å². The molecule has 0 bridgehead atoms. The second-order valence-corrected chi connectivity index (χ2v) is 17.7. The number of amides is 5. The van der Waals surface area contributed by atoms with Gasteiger partial charge in [0.25, 0.3) is 17.7 Å². The maximum absolute atomic E-state index is 13.8. The van der Waals surface area contributed by atoms with Gasteiger partial charge in [-0.05, 0) is 60.5 Å². The maximum Gasteiger partial charge on any atom is 0.262 e. The van der Waals surface area contributed by atoms with Crippen molar-refractivity contribution in [3.05, 3.63) is 93.0 Å². The summed E-state index contributed by atoms with van der Waals surface area (Å²) in [6.07, 6.45) is 0.0269. The van der Waals surface area contributed by atoms with Crippen LogP contribution in [0.3, 0.4) is 0 Å². The molecule has 1 unspecified atom stereocenters. The summed E-state index contributed by atoms with van der Waals surface area (Å²) in [4.78, 5) is 71.7. The predicted molar refractivity (Wildman–Crippen MR) is 209 cm³/mol. The van der Waals surface area contributed by atoms with Crippen LogP contribution in [0.5, 0.6) is 5.75 Å². The average Bonchev–Trinajstić information content (AvgIpc) is 3.57. The first-order chi connectivity index (χ1) is 27.1. The lowest BCUT2D eigenvalue weighted by atomic mass is 9.49. The van der Waals surface area contributed by atoms with Gasteiger partial charge in [-0.3, -0.25) is 39.1 Å². The van der Waals surface area contributed by atoms with E-state index in [1.165, 1.54) is 0 Å². The molecule has 5 amide bonds. The first-order valence-electron chi connectivity index (χ1n) is 19.3. The van der Waals surface area contributed by atoms with Crippen LogP contribution in [-0.4, -0.2) is 94.6 Å². The number of piperidine rings is 1. The van der Waals surface area contributed by atoms with Crippen molar-refractivity contribution in [3.8, 4) is 23.7 Å². The van der Waals surface area contributed by atoms with Crippen LogP contribution in [0.2, 0.25) is 5.02 Å². The summed E-state index contributed by atoms with van der Waals surface area (Å²) in [5.41, 5.74) is 3.71. The molecule has 3 aromatic carbocycles. The molecule has 0 aromatic heterocycles. The molecular formula is C44H41ClN6O6. The summed E-state index contributed by atoms with van der Waals surface area (Å²) in [5.74, 6) is 5.65. The van der Waals surface area contributed by atoms with Crippen molar-refractivity contribution in [1.29, 1.82) is 5.26 Å². The molecule has 0 spiro atoms. The summed E-state index contributed by atoms with van der Waals surface area (Å²) >= 11 is 6.28. The summed E-state index contributed by atoms with van der Waals surface area (Å²) in [5, 5.41) is 11.8. The van der Waals surface area contributed by atoms with E-state index in [1.54, 1.807) is 30.3 Å². The van der Waals surface area contributed by atoms with Gasteiger partial charge in [0, 0.05) is 90.9 Å². The Balaban J connectivity index is 0.783.